The van der Waals surface area contributed by atoms with E-state index in [1.54, 1.807) is 0 Å². The molecule has 0 aliphatic heterocycles. The molecule has 0 aromatic carbocycles. The first-order valence-corrected chi connectivity index (χ1v) is 5.97. The van der Waals surface area contributed by atoms with Gasteiger partial charge in [-0.3, -0.25) is 4.68 Å². The first-order valence-electron chi connectivity index (χ1n) is 4.49. The van der Waals surface area contributed by atoms with E-state index in [0.717, 1.165) is 0 Å². The Morgan fingerprint density at radius 1 is 1.44 bits per heavy atom. The van der Waals surface area contributed by atoms with Crippen LogP contribution in [0.4, 0.5) is 0 Å². The van der Waals surface area contributed by atoms with E-state index >= 15 is 0 Å². The van der Waals surface area contributed by atoms with Crippen LogP contribution >= 0.6 is 0 Å². The Kier molecular flexibility index (Phi) is 4.03. The van der Waals surface area contributed by atoms with Crippen LogP contribution in [0.2, 0.25) is 0 Å². The number of aromatic nitrogens is 2. The molecule has 0 unspecified atom stereocenters. The Balaban J connectivity index is 3.17. The maximum atomic E-state index is 11.6. The quantitative estimate of drug-likeness (QED) is 0.719. The first-order chi connectivity index (χ1) is 7.46. The molecule has 0 fully saturated rings. The molecule has 0 saturated heterocycles. The minimum atomic E-state index is -3.52. The second-order valence-electron chi connectivity index (χ2n) is 3.04. The summed E-state index contributed by atoms with van der Waals surface area (Å²) in [7, 11) is 2.27. The molecule has 1 heterocycles. The van der Waals surface area contributed by atoms with Crippen molar-refractivity contribution in [2.45, 2.75) is 11.3 Å². The lowest BCUT2D eigenvalue weighted by molar-refractivity contribution is -0.108. The molecule has 1 aromatic heterocycles. The molecule has 1 N–H and O–H groups in total. The topological polar surface area (TPSA) is 82.5 Å². The number of rotatable bonds is 5. The Labute approximate surface area is 94.4 Å². The molecule has 16 heavy (non-hydrogen) atoms. The van der Waals surface area contributed by atoms with Crippen LogP contribution in [0.15, 0.2) is 11.1 Å². The fraction of sp³-hybridized carbons (Fsp3) is 0.625. The predicted molar refractivity (Wildman–Crippen MR) is 56.2 cm³/mol. The molecule has 0 radical (unpaired) electrons. The number of aryl methyl sites for hydroxylation is 1. The van der Waals surface area contributed by atoms with Crippen molar-refractivity contribution in [3.05, 3.63) is 11.8 Å². The smallest absolute Gasteiger partial charge is 0.257 e. The molecule has 1 aromatic rings. The van der Waals surface area contributed by atoms with Gasteiger partial charge in [0.25, 0.3) is 10.0 Å². The molecule has 0 saturated carbocycles. The van der Waals surface area contributed by atoms with Crippen molar-refractivity contribution in [1.82, 2.24) is 14.5 Å². The van der Waals surface area contributed by atoms with Gasteiger partial charge in [0, 0.05) is 27.3 Å². The van der Waals surface area contributed by atoms with Gasteiger partial charge in [0.1, 0.15) is 5.69 Å². The lowest BCUT2D eigenvalue weighted by atomic mass is 10.4. The molecule has 0 atom stereocenters. The zero-order valence-electron chi connectivity index (χ0n) is 9.59. The minimum absolute atomic E-state index is 0.0594. The highest BCUT2D eigenvalue weighted by Gasteiger charge is 2.22. The van der Waals surface area contributed by atoms with Crippen molar-refractivity contribution in [2.24, 2.45) is 7.05 Å². The van der Waals surface area contributed by atoms with E-state index in [-0.39, 0.29) is 5.03 Å². The molecule has 0 bridgehead atoms. The molecule has 8 heteroatoms. The monoisotopic (exact) mass is 249 g/mol. The van der Waals surface area contributed by atoms with E-state index in [1.165, 1.54) is 39.1 Å². The number of methoxy groups -OCH3 is 2. The lowest BCUT2D eigenvalue weighted by Crippen LogP contribution is -2.21. The Morgan fingerprint density at radius 2 is 2.00 bits per heavy atom. The zero-order valence-corrected chi connectivity index (χ0v) is 10.4. The molecule has 0 aliphatic rings. The van der Waals surface area contributed by atoms with E-state index in [0.29, 0.717) is 5.69 Å². The first kappa shape index (κ1) is 13.1. The summed E-state index contributed by atoms with van der Waals surface area (Å²) in [5.74, 6) is 0. The van der Waals surface area contributed by atoms with Crippen molar-refractivity contribution in [3.63, 3.8) is 0 Å². The average Bonchev–Trinajstić information content (AvgIpc) is 2.63. The normalized spacial score (nSPS) is 12.3. The van der Waals surface area contributed by atoms with Gasteiger partial charge in [0.2, 0.25) is 6.29 Å². The van der Waals surface area contributed by atoms with Gasteiger partial charge in [-0.15, -0.1) is 0 Å². The van der Waals surface area contributed by atoms with Gasteiger partial charge in [-0.2, -0.15) is 5.10 Å². The SMILES string of the molecule is CNS(=O)(=O)c1cc(C(OC)OC)nn1C. The lowest BCUT2D eigenvalue weighted by Gasteiger charge is -2.08. The van der Waals surface area contributed by atoms with Gasteiger partial charge >= 0.3 is 0 Å². The van der Waals surface area contributed by atoms with Gasteiger partial charge in [0.05, 0.1) is 0 Å². The van der Waals surface area contributed by atoms with Crippen LogP contribution in [-0.2, 0) is 26.5 Å². The fourth-order valence-electron chi connectivity index (χ4n) is 1.28. The summed E-state index contributed by atoms with van der Waals surface area (Å²) < 4.78 is 36.6. The number of sulfonamides is 1. The molecule has 7 nitrogen and oxygen atoms in total. The third-order valence-electron chi connectivity index (χ3n) is 2.07. The summed E-state index contributed by atoms with van der Waals surface area (Å²) in [5, 5.41) is 4.07. The molecular weight excluding hydrogens is 234 g/mol. The van der Waals surface area contributed by atoms with Gasteiger partial charge in [-0.1, -0.05) is 0 Å². The van der Waals surface area contributed by atoms with Gasteiger partial charge in [-0.05, 0) is 7.05 Å². The van der Waals surface area contributed by atoms with Crippen molar-refractivity contribution in [1.29, 1.82) is 0 Å². The summed E-state index contributed by atoms with van der Waals surface area (Å²) in [6.45, 7) is 0. The van der Waals surface area contributed by atoms with Crippen LogP contribution in [0, 0.1) is 0 Å². The van der Waals surface area contributed by atoms with Crippen LogP contribution in [0.5, 0.6) is 0 Å². The number of nitrogens with one attached hydrogen (secondary N) is 1. The zero-order chi connectivity index (χ0) is 12.3. The molecule has 0 spiro atoms. The average molecular weight is 249 g/mol. The summed E-state index contributed by atoms with van der Waals surface area (Å²) in [5.41, 5.74) is 0.404. The number of ether oxygens (including phenoxy) is 2. The highest BCUT2D eigenvalue weighted by atomic mass is 32.2. The van der Waals surface area contributed by atoms with Crippen LogP contribution < -0.4 is 4.72 Å². The Hall–Kier alpha value is -0.960. The second-order valence-corrected chi connectivity index (χ2v) is 4.88. The predicted octanol–water partition coefficient (Wildman–Crippen LogP) is -0.380. The number of hydrogen-bond donors (Lipinski definition) is 1. The van der Waals surface area contributed by atoms with E-state index in [1.807, 2.05) is 0 Å². The number of hydrogen-bond acceptors (Lipinski definition) is 5. The Morgan fingerprint density at radius 3 is 2.44 bits per heavy atom. The van der Waals surface area contributed by atoms with Gasteiger partial charge < -0.3 is 9.47 Å². The molecule has 1 rings (SSSR count). The van der Waals surface area contributed by atoms with E-state index < -0.39 is 16.3 Å². The van der Waals surface area contributed by atoms with Crippen molar-refractivity contribution in [2.75, 3.05) is 21.3 Å². The largest absolute Gasteiger partial charge is 0.350 e. The van der Waals surface area contributed by atoms with Crippen molar-refractivity contribution >= 4 is 10.0 Å². The highest BCUT2D eigenvalue weighted by Crippen LogP contribution is 2.18. The van der Waals surface area contributed by atoms with Gasteiger partial charge in [-0.25, -0.2) is 13.1 Å². The molecule has 0 aliphatic carbocycles. The van der Waals surface area contributed by atoms with Crippen LogP contribution in [-0.4, -0.2) is 39.5 Å². The summed E-state index contributed by atoms with van der Waals surface area (Å²) in [6, 6.07) is 1.41. The van der Waals surface area contributed by atoms with Crippen molar-refractivity contribution < 1.29 is 17.9 Å². The van der Waals surface area contributed by atoms with Crippen molar-refractivity contribution in [3.8, 4) is 0 Å². The Bertz CT molecular complexity index is 450. The van der Waals surface area contributed by atoms with E-state index in [4.69, 9.17) is 9.47 Å². The third kappa shape index (κ3) is 2.40. The molecule has 92 valence electrons. The van der Waals surface area contributed by atoms with Gasteiger partial charge in [0.15, 0.2) is 5.03 Å². The summed E-state index contributed by atoms with van der Waals surface area (Å²) >= 11 is 0. The second kappa shape index (κ2) is 4.91. The minimum Gasteiger partial charge on any atom is -0.350 e. The molecule has 0 amide bonds. The fourth-order valence-corrected chi connectivity index (χ4v) is 2.15. The standard InChI is InChI=1S/C8H15N3O4S/c1-9-16(12,13)7-5-6(10-11(7)2)8(14-3)15-4/h5,8-9H,1-4H3. The van der Waals surface area contributed by atoms with Crippen LogP contribution in [0.1, 0.15) is 12.0 Å². The van der Waals surface area contributed by atoms with E-state index in [2.05, 4.69) is 9.82 Å². The maximum absolute atomic E-state index is 11.6. The van der Waals surface area contributed by atoms with Crippen LogP contribution in [0.25, 0.3) is 0 Å². The third-order valence-corrected chi connectivity index (χ3v) is 3.54. The van der Waals surface area contributed by atoms with Crippen LogP contribution in [0.3, 0.4) is 0 Å². The number of nitrogens with zero attached hydrogens (tertiary/aromatic N) is 2. The summed E-state index contributed by atoms with van der Waals surface area (Å²) in [4.78, 5) is 0. The van der Waals surface area contributed by atoms with E-state index in [9.17, 15) is 8.42 Å². The highest BCUT2D eigenvalue weighted by molar-refractivity contribution is 7.89. The molecular formula is C8H15N3O4S. The summed E-state index contributed by atoms with van der Waals surface area (Å²) in [6.07, 6.45) is -0.674. The maximum Gasteiger partial charge on any atom is 0.257 e.